The average molecular weight is 360 g/mol. The second-order valence-corrected chi connectivity index (χ2v) is 6.60. The van der Waals surface area contributed by atoms with Crippen LogP contribution in [0.3, 0.4) is 0 Å². The largest absolute Gasteiger partial charge is 0.494 e. The SMILES string of the molecule is CCCCC[C@](C)(OCC)C(=O)Nc1ccc(OCCCC)cc1C#N. The smallest absolute Gasteiger partial charge is 0.256 e. The van der Waals surface area contributed by atoms with Crippen molar-refractivity contribution in [1.29, 1.82) is 5.26 Å². The molecule has 26 heavy (non-hydrogen) atoms. The van der Waals surface area contributed by atoms with Crippen molar-refractivity contribution in [1.82, 2.24) is 0 Å². The predicted octanol–water partition coefficient (Wildman–Crippen LogP) is 5.05. The lowest BCUT2D eigenvalue weighted by atomic mass is 9.96. The topological polar surface area (TPSA) is 71.3 Å². The molecule has 0 aliphatic carbocycles. The summed E-state index contributed by atoms with van der Waals surface area (Å²) in [4.78, 5) is 12.8. The molecule has 0 aliphatic rings. The number of ether oxygens (including phenoxy) is 2. The van der Waals surface area contributed by atoms with Crippen LogP contribution in [0.15, 0.2) is 18.2 Å². The summed E-state index contributed by atoms with van der Waals surface area (Å²) in [5, 5.41) is 12.3. The van der Waals surface area contributed by atoms with E-state index in [2.05, 4.69) is 25.2 Å². The zero-order valence-corrected chi connectivity index (χ0v) is 16.6. The fourth-order valence-corrected chi connectivity index (χ4v) is 2.69. The van der Waals surface area contributed by atoms with Gasteiger partial charge in [0.05, 0.1) is 17.9 Å². The Morgan fingerprint density at radius 3 is 2.54 bits per heavy atom. The molecule has 1 N–H and O–H groups in total. The standard InChI is InChI=1S/C21H32N2O3/c1-5-8-10-13-21(4,26-7-3)20(24)23-19-12-11-18(15-17(19)16-22)25-14-9-6-2/h11-12,15H,5-10,13-14H2,1-4H3,(H,23,24)/t21-/m0/s1. The molecule has 0 radical (unpaired) electrons. The molecule has 0 unspecified atom stereocenters. The minimum atomic E-state index is -0.896. The molecule has 0 fully saturated rings. The van der Waals surface area contributed by atoms with Crippen molar-refractivity contribution in [2.24, 2.45) is 0 Å². The zero-order valence-electron chi connectivity index (χ0n) is 16.6. The number of rotatable bonds is 12. The normalized spacial score (nSPS) is 12.9. The van der Waals surface area contributed by atoms with Crippen LogP contribution in [-0.4, -0.2) is 24.7 Å². The van der Waals surface area contributed by atoms with Crippen LogP contribution >= 0.6 is 0 Å². The molecule has 1 aromatic carbocycles. The third kappa shape index (κ3) is 6.68. The lowest BCUT2D eigenvalue weighted by Gasteiger charge is -2.28. The molecule has 0 spiro atoms. The Hall–Kier alpha value is -2.06. The maximum Gasteiger partial charge on any atom is 0.256 e. The molecule has 0 bridgehead atoms. The van der Waals surface area contributed by atoms with Gasteiger partial charge in [-0.2, -0.15) is 5.26 Å². The van der Waals surface area contributed by atoms with Gasteiger partial charge in [0.15, 0.2) is 0 Å². The molecule has 0 saturated heterocycles. The van der Waals surface area contributed by atoms with Gasteiger partial charge in [-0.05, 0) is 44.9 Å². The molecular weight excluding hydrogens is 328 g/mol. The number of nitrogens with one attached hydrogen (secondary N) is 1. The quantitative estimate of drug-likeness (QED) is 0.529. The molecule has 1 aromatic rings. The van der Waals surface area contributed by atoms with Gasteiger partial charge in [0.25, 0.3) is 5.91 Å². The number of anilines is 1. The van der Waals surface area contributed by atoms with E-state index in [0.29, 0.717) is 36.6 Å². The Labute approximate surface area is 157 Å². The molecular formula is C21H32N2O3. The van der Waals surface area contributed by atoms with Gasteiger partial charge in [-0.15, -0.1) is 0 Å². The zero-order chi connectivity index (χ0) is 19.4. The molecule has 0 saturated carbocycles. The summed E-state index contributed by atoms with van der Waals surface area (Å²) in [7, 11) is 0. The van der Waals surface area contributed by atoms with E-state index in [1.54, 1.807) is 18.2 Å². The number of amides is 1. The summed E-state index contributed by atoms with van der Waals surface area (Å²) in [6.45, 7) is 9.00. The predicted molar refractivity (Wildman–Crippen MR) is 104 cm³/mol. The Morgan fingerprint density at radius 1 is 1.19 bits per heavy atom. The first-order valence-electron chi connectivity index (χ1n) is 9.63. The van der Waals surface area contributed by atoms with Crippen molar-refractivity contribution in [2.45, 2.75) is 71.8 Å². The first-order valence-corrected chi connectivity index (χ1v) is 9.63. The molecule has 1 atom stereocenters. The number of carbonyl (C=O) groups is 1. The van der Waals surface area contributed by atoms with E-state index in [0.717, 1.165) is 32.1 Å². The van der Waals surface area contributed by atoms with Gasteiger partial charge in [0.1, 0.15) is 17.4 Å². The molecule has 5 nitrogen and oxygen atoms in total. The van der Waals surface area contributed by atoms with Gasteiger partial charge in [-0.25, -0.2) is 0 Å². The highest BCUT2D eigenvalue weighted by molar-refractivity contribution is 5.98. The van der Waals surface area contributed by atoms with Crippen molar-refractivity contribution >= 4 is 11.6 Å². The van der Waals surface area contributed by atoms with Gasteiger partial charge in [0.2, 0.25) is 0 Å². The average Bonchev–Trinajstić information content (AvgIpc) is 2.63. The van der Waals surface area contributed by atoms with Gasteiger partial charge >= 0.3 is 0 Å². The van der Waals surface area contributed by atoms with E-state index in [-0.39, 0.29) is 5.91 Å². The number of benzene rings is 1. The number of hydrogen-bond acceptors (Lipinski definition) is 4. The van der Waals surface area contributed by atoms with Crippen LogP contribution in [0.5, 0.6) is 5.75 Å². The third-order valence-corrected chi connectivity index (χ3v) is 4.33. The van der Waals surface area contributed by atoms with Crippen LogP contribution in [0.1, 0.15) is 71.8 Å². The van der Waals surface area contributed by atoms with Gasteiger partial charge in [-0.3, -0.25) is 4.79 Å². The van der Waals surface area contributed by atoms with E-state index < -0.39 is 5.60 Å². The fraction of sp³-hybridized carbons (Fsp3) is 0.619. The first-order chi connectivity index (χ1) is 12.5. The maximum atomic E-state index is 12.8. The molecule has 144 valence electrons. The molecule has 0 aliphatic heterocycles. The van der Waals surface area contributed by atoms with E-state index in [9.17, 15) is 10.1 Å². The number of unbranched alkanes of at least 4 members (excludes halogenated alkanes) is 3. The lowest BCUT2D eigenvalue weighted by Crippen LogP contribution is -2.43. The van der Waals surface area contributed by atoms with E-state index in [1.807, 2.05) is 13.8 Å². The van der Waals surface area contributed by atoms with Crippen molar-refractivity contribution in [3.8, 4) is 11.8 Å². The summed E-state index contributed by atoms with van der Waals surface area (Å²) in [5.41, 5.74) is -0.0195. The maximum absolute atomic E-state index is 12.8. The third-order valence-electron chi connectivity index (χ3n) is 4.33. The highest BCUT2D eigenvalue weighted by atomic mass is 16.5. The molecule has 1 rings (SSSR count). The minimum Gasteiger partial charge on any atom is -0.494 e. The van der Waals surface area contributed by atoms with Crippen LogP contribution in [0.4, 0.5) is 5.69 Å². The number of nitriles is 1. The summed E-state index contributed by atoms with van der Waals surface area (Å²) < 4.78 is 11.4. The Bertz CT molecular complexity index is 610. The monoisotopic (exact) mass is 360 g/mol. The van der Waals surface area contributed by atoms with Crippen LogP contribution in [0, 0.1) is 11.3 Å². The number of nitrogens with zero attached hydrogens (tertiary/aromatic N) is 1. The van der Waals surface area contributed by atoms with Crippen LogP contribution in [0.2, 0.25) is 0 Å². The number of carbonyl (C=O) groups excluding carboxylic acids is 1. The van der Waals surface area contributed by atoms with Gasteiger partial charge in [-0.1, -0.05) is 39.5 Å². The van der Waals surface area contributed by atoms with Crippen molar-refractivity contribution in [3.05, 3.63) is 23.8 Å². The van der Waals surface area contributed by atoms with Crippen molar-refractivity contribution in [2.75, 3.05) is 18.5 Å². The summed E-state index contributed by atoms with van der Waals surface area (Å²) in [6, 6.07) is 7.30. The Balaban J connectivity index is 2.86. The van der Waals surface area contributed by atoms with E-state index in [4.69, 9.17) is 9.47 Å². The molecule has 0 heterocycles. The molecule has 1 amide bonds. The number of hydrogen-bond donors (Lipinski definition) is 1. The fourth-order valence-electron chi connectivity index (χ4n) is 2.69. The second kappa shape index (κ2) is 11.5. The van der Waals surface area contributed by atoms with E-state index >= 15 is 0 Å². The Kier molecular flexibility index (Phi) is 9.75. The van der Waals surface area contributed by atoms with Crippen molar-refractivity contribution < 1.29 is 14.3 Å². The van der Waals surface area contributed by atoms with Crippen LogP contribution in [-0.2, 0) is 9.53 Å². The summed E-state index contributed by atoms with van der Waals surface area (Å²) in [5.74, 6) is 0.426. The second-order valence-electron chi connectivity index (χ2n) is 6.60. The lowest BCUT2D eigenvalue weighted by molar-refractivity contribution is -0.139. The minimum absolute atomic E-state index is 0.216. The molecule has 0 aromatic heterocycles. The van der Waals surface area contributed by atoms with Crippen molar-refractivity contribution in [3.63, 3.8) is 0 Å². The van der Waals surface area contributed by atoms with Gasteiger partial charge in [0, 0.05) is 6.61 Å². The Morgan fingerprint density at radius 2 is 1.92 bits per heavy atom. The molecule has 5 heteroatoms. The summed E-state index contributed by atoms with van der Waals surface area (Å²) >= 11 is 0. The van der Waals surface area contributed by atoms with E-state index in [1.165, 1.54) is 0 Å². The van der Waals surface area contributed by atoms with Gasteiger partial charge < -0.3 is 14.8 Å². The first kappa shape index (κ1) is 22.0. The summed E-state index contributed by atoms with van der Waals surface area (Å²) in [6.07, 6.45) is 5.74. The highest BCUT2D eigenvalue weighted by Gasteiger charge is 2.33. The van der Waals surface area contributed by atoms with Crippen LogP contribution in [0.25, 0.3) is 0 Å². The van der Waals surface area contributed by atoms with Crippen LogP contribution < -0.4 is 10.1 Å². The highest BCUT2D eigenvalue weighted by Crippen LogP contribution is 2.26.